The van der Waals surface area contributed by atoms with Crippen molar-refractivity contribution < 1.29 is 19.0 Å². The zero-order chi connectivity index (χ0) is 21.2. The molecule has 0 spiro atoms. The van der Waals surface area contributed by atoms with Gasteiger partial charge in [-0.3, -0.25) is 4.79 Å². The van der Waals surface area contributed by atoms with Crippen LogP contribution in [-0.4, -0.2) is 25.1 Å². The summed E-state index contributed by atoms with van der Waals surface area (Å²) in [6, 6.07) is 25.7. The Balaban J connectivity index is 1.45. The zero-order valence-electron chi connectivity index (χ0n) is 16.9. The standard InChI is InChI=1S/C25H25ClO4/c1-28-25(27)24(26)17-21-9-5-8-19(16-21)14-15-29-22-10-12-23(13-11-22)30-18-20-6-3-2-4-7-20/h2-13,16,24H,14-15,17-18H2,1H3. The number of carbonyl (C=O) groups excluding carboxylic acids is 1. The van der Waals surface area contributed by atoms with Crippen LogP contribution in [-0.2, 0) is 29.0 Å². The minimum atomic E-state index is -0.677. The lowest BCUT2D eigenvalue weighted by molar-refractivity contribution is -0.140. The first-order valence-electron chi connectivity index (χ1n) is 9.83. The van der Waals surface area contributed by atoms with Crippen LogP contribution < -0.4 is 9.47 Å². The van der Waals surface area contributed by atoms with E-state index in [1.54, 1.807) is 0 Å². The van der Waals surface area contributed by atoms with Gasteiger partial charge in [0.1, 0.15) is 23.5 Å². The second-order valence-corrected chi connectivity index (χ2v) is 7.39. The van der Waals surface area contributed by atoms with Crippen LogP contribution in [0, 0.1) is 0 Å². The maximum absolute atomic E-state index is 11.5. The molecule has 0 saturated heterocycles. The van der Waals surface area contributed by atoms with Gasteiger partial charge in [0, 0.05) is 6.42 Å². The third kappa shape index (κ3) is 6.82. The van der Waals surface area contributed by atoms with Crippen molar-refractivity contribution in [2.24, 2.45) is 0 Å². The third-order valence-electron chi connectivity index (χ3n) is 4.59. The SMILES string of the molecule is COC(=O)C(Cl)Cc1cccc(CCOc2ccc(OCc3ccccc3)cc2)c1. The Hall–Kier alpha value is -2.98. The molecular weight excluding hydrogens is 400 g/mol. The Kier molecular flexibility index (Phi) is 8.16. The maximum atomic E-state index is 11.5. The number of halogens is 1. The van der Waals surface area contributed by atoms with E-state index in [0.717, 1.165) is 34.6 Å². The second kappa shape index (κ2) is 11.3. The van der Waals surface area contributed by atoms with E-state index in [9.17, 15) is 4.79 Å². The van der Waals surface area contributed by atoms with Gasteiger partial charge in [0.05, 0.1) is 13.7 Å². The molecule has 30 heavy (non-hydrogen) atoms. The molecule has 3 aromatic rings. The molecule has 0 amide bonds. The Morgan fingerprint density at radius 3 is 2.17 bits per heavy atom. The second-order valence-electron chi connectivity index (χ2n) is 6.86. The Morgan fingerprint density at radius 1 is 0.833 bits per heavy atom. The van der Waals surface area contributed by atoms with Crippen LogP contribution in [0.25, 0.3) is 0 Å². The number of alkyl halides is 1. The lowest BCUT2D eigenvalue weighted by Gasteiger charge is -2.10. The lowest BCUT2D eigenvalue weighted by atomic mass is 10.0. The van der Waals surface area contributed by atoms with E-state index in [2.05, 4.69) is 4.74 Å². The molecule has 0 aliphatic carbocycles. The summed E-state index contributed by atoms with van der Waals surface area (Å²) in [5, 5.41) is -0.677. The summed E-state index contributed by atoms with van der Waals surface area (Å²) in [6.45, 7) is 1.09. The molecule has 3 rings (SSSR count). The largest absolute Gasteiger partial charge is 0.493 e. The van der Waals surface area contributed by atoms with Gasteiger partial charge in [0.25, 0.3) is 0 Å². The van der Waals surface area contributed by atoms with Gasteiger partial charge in [-0.25, -0.2) is 0 Å². The summed E-state index contributed by atoms with van der Waals surface area (Å²) < 4.78 is 16.3. The monoisotopic (exact) mass is 424 g/mol. The summed E-state index contributed by atoms with van der Waals surface area (Å²) in [4.78, 5) is 11.5. The van der Waals surface area contributed by atoms with Gasteiger partial charge in [-0.15, -0.1) is 11.6 Å². The first-order chi connectivity index (χ1) is 14.6. The molecule has 0 aromatic heterocycles. The highest BCUT2D eigenvalue weighted by Gasteiger charge is 2.16. The van der Waals surface area contributed by atoms with Crippen LogP contribution in [0.3, 0.4) is 0 Å². The molecule has 0 radical (unpaired) electrons. The van der Waals surface area contributed by atoms with Gasteiger partial charge in [0.2, 0.25) is 0 Å². The van der Waals surface area contributed by atoms with Crippen molar-refractivity contribution in [1.82, 2.24) is 0 Å². The first kappa shape index (κ1) is 21.7. The van der Waals surface area contributed by atoms with Crippen molar-refractivity contribution in [3.8, 4) is 11.5 Å². The minimum absolute atomic E-state index is 0.415. The fourth-order valence-corrected chi connectivity index (χ4v) is 3.26. The zero-order valence-corrected chi connectivity index (χ0v) is 17.7. The normalized spacial score (nSPS) is 11.5. The van der Waals surface area contributed by atoms with Gasteiger partial charge < -0.3 is 14.2 Å². The van der Waals surface area contributed by atoms with Crippen LogP contribution in [0.15, 0.2) is 78.9 Å². The highest BCUT2D eigenvalue weighted by molar-refractivity contribution is 6.30. The van der Waals surface area contributed by atoms with Crippen LogP contribution in [0.2, 0.25) is 0 Å². The molecule has 0 fully saturated rings. The average molecular weight is 425 g/mol. The van der Waals surface area contributed by atoms with Crippen molar-refractivity contribution in [1.29, 1.82) is 0 Å². The highest BCUT2D eigenvalue weighted by atomic mass is 35.5. The molecule has 5 heteroatoms. The lowest BCUT2D eigenvalue weighted by Crippen LogP contribution is -2.18. The average Bonchev–Trinajstić information content (AvgIpc) is 2.79. The topological polar surface area (TPSA) is 44.8 Å². The quantitative estimate of drug-likeness (QED) is 0.331. The molecule has 0 aliphatic rings. The highest BCUT2D eigenvalue weighted by Crippen LogP contribution is 2.19. The smallest absolute Gasteiger partial charge is 0.324 e. The van der Waals surface area contributed by atoms with Crippen molar-refractivity contribution >= 4 is 17.6 Å². The van der Waals surface area contributed by atoms with E-state index >= 15 is 0 Å². The molecule has 0 saturated carbocycles. The van der Waals surface area contributed by atoms with Crippen LogP contribution >= 0.6 is 11.6 Å². The first-order valence-corrected chi connectivity index (χ1v) is 10.3. The van der Waals surface area contributed by atoms with E-state index in [4.69, 9.17) is 21.1 Å². The van der Waals surface area contributed by atoms with E-state index in [1.807, 2.05) is 78.9 Å². The van der Waals surface area contributed by atoms with Crippen LogP contribution in [0.5, 0.6) is 11.5 Å². The molecule has 1 atom stereocenters. The van der Waals surface area contributed by atoms with Crippen molar-refractivity contribution in [3.63, 3.8) is 0 Å². The third-order valence-corrected chi connectivity index (χ3v) is 4.93. The molecule has 0 heterocycles. The summed E-state index contributed by atoms with van der Waals surface area (Å²) in [5.74, 6) is 1.19. The summed E-state index contributed by atoms with van der Waals surface area (Å²) in [5.41, 5.74) is 3.26. The van der Waals surface area contributed by atoms with Crippen LogP contribution in [0.4, 0.5) is 0 Å². The van der Waals surface area contributed by atoms with Gasteiger partial charge in [-0.2, -0.15) is 0 Å². The maximum Gasteiger partial charge on any atom is 0.324 e. The summed E-state index contributed by atoms with van der Waals surface area (Å²) >= 11 is 6.06. The fraction of sp³-hybridized carbons (Fsp3) is 0.240. The van der Waals surface area contributed by atoms with Crippen molar-refractivity contribution in [3.05, 3.63) is 95.6 Å². The number of ether oxygens (including phenoxy) is 3. The molecule has 3 aromatic carbocycles. The number of benzene rings is 3. The van der Waals surface area contributed by atoms with Gasteiger partial charge >= 0.3 is 5.97 Å². The Labute approximate surface area is 182 Å². The van der Waals surface area contributed by atoms with Gasteiger partial charge in [-0.05, 0) is 47.4 Å². The van der Waals surface area contributed by atoms with Crippen LogP contribution in [0.1, 0.15) is 16.7 Å². The van der Waals surface area contributed by atoms with E-state index in [1.165, 1.54) is 7.11 Å². The van der Waals surface area contributed by atoms with E-state index in [-0.39, 0.29) is 0 Å². The summed E-state index contributed by atoms with van der Waals surface area (Å²) in [6.07, 6.45) is 1.19. The molecule has 0 bridgehead atoms. The molecule has 0 N–H and O–H groups in total. The fourth-order valence-electron chi connectivity index (χ4n) is 2.99. The number of esters is 1. The molecule has 1 unspecified atom stereocenters. The number of methoxy groups -OCH3 is 1. The summed E-state index contributed by atoms with van der Waals surface area (Å²) in [7, 11) is 1.34. The predicted octanol–water partition coefficient (Wildman–Crippen LogP) is 5.21. The Morgan fingerprint density at radius 2 is 1.47 bits per heavy atom. The number of hydrogen-bond donors (Lipinski definition) is 0. The number of carbonyl (C=O) groups is 1. The molecule has 156 valence electrons. The van der Waals surface area contributed by atoms with Crippen molar-refractivity contribution in [2.75, 3.05) is 13.7 Å². The molecule has 4 nitrogen and oxygen atoms in total. The Bertz CT molecular complexity index is 925. The molecular formula is C25H25ClO4. The predicted molar refractivity (Wildman–Crippen MR) is 118 cm³/mol. The van der Waals surface area contributed by atoms with Crippen molar-refractivity contribution in [2.45, 2.75) is 24.8 Å². The van der Waals surface area contributed by atoms with E-state index < -0.39 is 11.3 Å². The number of rotatable bonds is 10. The number of hydrogen-bond acceptors (Lipinski definition) is 4. The minimum Gasteiger partial charge on any atom is -0.493 e. The van der Waals surface area contributed by atoms with E-state index in [0.29, 0.717) is 19.6 Å². The van der Waals surface area contributed by atoms with Gasteiger partial charge in [0.15, 0.2) is 0 Å². The molecule has 0 aliphatic heterocycles. The van der Waals surface area contributed by atoms with Gasteiger partial charge in [-0.1, -0.05) is 54.6 Å².